The number of sulfonamides is 1. The molecule has 4 rings (SSSR count). The Labute approximate surface area is 200 Å². The maximum Gasteiger partial charge on any atom is 0.262 e. The summed E-state index contributed by atoms with van der Waals surface area (Å²) in [7, 11) is -1.86. The molecule has 2 aliphatic rings. The van der Waals surface area contributed by atoms with Gasteiger partial charge in [0.25, 0.3) is 10.0 Å². The molecule has 1 aromatic heterocycles. The fourth-order valence-electron chi connectivity index (χ4n) is 4.37. The Morgan fingerprint density at radius 2 is 1.85 bits per heavy atom. The number of amides is 1. The van der Waals surface area contributed by atoms with E-state index in [1.54, 1.807) is 24.7 Å². The quantitative estimate of drug-likeness (QED) is 0.669. The van der Waals surface area contributed by atoms with Crippen molar-refractivity contribution in [3.8, 4) is 0 Å². The Morgan fingerprint density at radius 1 is 1.15 bits per heavy atom. The van der Waals surface area contributed by atoms with Gasteiger partial charge in [0.1, 0.15) is 5.82 Å². The highest BCUT2D eigenvalue weighted by molar-refractivity contribution is 7.99. The second-order valence-electron chi connectivity index (χ2n) is 8.88. The Bertz CT molecular complexity index is 1080. The van der Waals surface area contributed by atoms with Gasteiger partial charge >= 0.3 is 0 Å². The lowest BCUT2D eigenvalue weighted by molar-refractivity contribution is -0.120. The number of nitrogens with zero attached hydrogens (tertiary/aromatic N) is 4. The molecule has 0 radical (unpaired) electrons. The molecule has 3 heterocycles. The minimum Gasteiger partial charge on any atom is -0.337 e. The molecular weight excluding hydrogens is 458 g/mol. The van der Waals surface area contributed by atoms with Crippen LogP contribution in [0.25, 0.3) is 0 Å². The second-order valence-corrected chi connectivity index (χ2v) is 12.0. The first-order valence-electron chi connectivity index (χ1n) is 11.5. The topological polar surface area (TPSA) is 87.5 Å². The second kappa shape index (κ2) is 10.2. The van der Waals surface area contributed by atoms with Gasteiger partial charge in [0.15, 0.2) is 5.03 Å². The lowest BCUT2D eigenvalue weighted by atomic mass is 9.96. The van der Waals surface area contributed by atoms with Crippen LogP contribution in [-0.4, -0.2) is 70.8 Å². The van der Waals surface area contributed by atoms with Crippen LogP contribution in [0.2, 0.25) is 0 Å². The molecule has 0 atom stereocenters. The fourth-order valence-corrected chi connectivity index (χ4v) is 6.84. The number of carbonyl (C=O) groups excluding carboxylic acids is 1. The predicted molar refractivity (Wildman–Crippen MR) is 132 cm³/mol. The molecule has 33 heavy (non-hydrogen) atoms. The van der Waals surface area contributed by atoms with Crippen molar-refractivity contribution in [2.24, 2.45) is 13.0 Å². The Balaban J connectivity index is 1.36. The van der Waals surface area contributed by atoms with Gasteiger partial charge in [-0.1, -0.05) is 12.1 Å². The highest BCUT2D eigenvalue weighted by Gasteiger charge is 2.33. The molecule has 2 aliphatic heterocycles. The zero-order valence-corrected chi connectivity index (χ0v) is 21.2. The number of hydrogen-bond acceptors (Lipinski definition) is 6. The third-order valence-corrected chi connectivity index (χ3v) is 9.43. The highest BCUT2D eigenvalue weighted by Crippen LogP contribution is 2.26. The number of anilines is 1. The number of aryl methyl sites for hydroxylation is 2. The molecule has 2 fully saturated rings. The summed E-state index contributed by atoms with van der Waals surface area (Å²) in [5, 5.41) is 3.18. The van der Waals surface area contributed by atoms with Gasteiger partial charge in [0.05, 0.1) is 0 Å². The Morgan fingerprint density at radius 3 is 2.48 bits per heavy atom. The maximum atomic E-state index is 13.0. The number of imidazole rings is 1. The first kappa shape index (κ1) is 24.3. The Kier molecular flexibility index (Phi) is 7.47. The van der Waals surface area contributed by atoms with Crippen LogP contribution < -0.4 is 5.32 Å². The fraction of sp³-hybridized carbons (Fsp3) is 0.565. The van der Waals surface area contributed by atoms with Crippen molar-refractivity contribution in [3.63, 3.8) is 0 Å². The third kappa shape index (κ3) is 5.45. The summed E-state index contributed by atoms with van der Waals surface area (Å²) in [5.41, 5.74) is 3.20. The average Bonchev–Trinajstić information content (AvgIpc) is 3.16. The molecule has 0 bridgehead atoms. The van der Waals surface area contributed by atoms with E-state index in [0.29, 0.717) is 31.8 Å². The van der Waals surface area contributed by atoms with E-state index in [9.17, 15) is 13.2 Å². The summed E-state index contributed by atoms with van der Waals surface area (Å²) in [4.78, 5) is 19.6. The first-order valence-corrected chi connectivity index (χ1v) is 14.0. The smallest absolute Gasteiger partial charge is 0.262 e. The SMILES string of the molecule is Cc1c(CN2CCSCC2)cccc1NC(=O)C1CCN(S(=O)(=O)c2cn(C)c(C)n2)CC1. The molecular formula is C23H33N5O3S2. The highest BCUT2D eigenvalue weighted by atomic mass is 32.2. The van der Waals surface area contributed by atoms with E-state index >= 15 is 0 Å². The summed E-state index contributed by atoms with van der Waals surface area (Å²) in [5.74, 6) is 2.76. The van der Waals surface area contributed by atoms with E-state index in [0.717, 1.165) is 30.9 Å². The molecule has 0 saturated carbocycles. The molecule has 8 nitrogen and oxygen atoms in total. The van der Waals surface area contributed by atoms with Crippen molar-refractivity contribution in [2.75, 3.05) is 43.0 Å². The van der Waals surface area contributed by atoms with Gasteiger partial charge in [0.2, 0.25) is 5.91 Å². The van der Waals surface area contributed by atoms with Crippen LogP contribution in [0.15, 0.2) is 29.4 Å². The predicted octanol–water partition coefficient (Wildman–Crippen LogP) is 2.63. The van der Waals surface area contributed by atoms with Crippen LogP contribution in [0.3, 0.4) is 0 Å². The molecule has 10 heteroatoms. The summed E-state index contributed by atoms with van der Waals surface area (Å²) >= 11 is 2.00. The monoisotopic (exact) mass is 491 g/mol. The number of nitrogens with one attached hydrogen (secondary N) is 1. The summed E-state index contributed by atoms with van der Waals surface area (Å²) < 4.78 is 29.0. The van der Waals surface area contributed by atoms with Gasteiger partial charge in [-0.2, -0.15) is 16.1 Å². The van der Waals surface area contributed by atoms with Crippen LogP contribution >= 0.6 is 11.8 Å². The number of carbonyl (C=O) groups is 1. The standard InChI is InChI=1S/C23H33N5O3S2/c1-17-20(15-27-11-13-32-14-12-27)5-4-6-21(17)25-23(29)19-7-9-28(10-8-19)33(30,31)22-16-26(3)18(2)24-22/h4-6,16,19H,7-15H2,1-3H3,(H,25,29). The van der Waals surface area contributed by atoms with Crippen molar-refractivity contribution in [1.29, 1.82) is 0 Å². The minimum atomic E-state index is -3.63. The molecule has 0 aliphatic carbocycles. The number of benzene rings is 1. The van der Waals surface area contributed by atoms with Crippen molar-refractivity contribution in [3.05, 3.63) is 41.3 Å². The minimum absolute atomic E-state index is 0.0321. The van der Waals surface area contributed by atoms with E-state index < -0.39 is 10.0 Å². The van der Waals surface area contributed by atoms with Crippen molar-refractivity contribution < 1.29 is 13.2 Å². The third-order valence-electron chi connectivity index (χ3n) is 6.72. The molecule has 180 valence electrons. The van der Waals surface area contributed by atoms with Crippen molar-refractivity contribution >= 4 is 33.4 Å². The number of aromatic nitrogens is 2. The zero-order chi connectivity index (χ0) is 23.6. The lowest BCUT2D eigenvalue weighted by Gasteiger charge is -2.30. The van der Waals surface area contributed by atoms with Crippen LogP contribution in [0.5, 0.6) is 0 Å². The van der Waals surface area contributed by atoms with E-state index in [1.807, 2.05) is 23.9 Å². The van der Waals surface area contributed by atoms with Gasteiger partial charge in [0, 0.05) is 69.1 Å². The van der Waals surface area contributed by atoms with E-state index in [-0.39, 0.29) is 16.9 Å². The number of hydrogen-bond donors (Lipinski definition) is 1. The number of thioether (sulfide) groups is 1. The molecule has 2 aromatic rings. The molecule has 1 N–H and O–H groups in total. The van der Waals surface area contributed by atoms with Crippen molar-refractivity contribution in [2.45, 2.75) is 38.3 Å². The maximum absolute atomic E-state index is 13.0. The molecule has 0 spiro atoms. The van der Waals surface area contributed by atoms with Crippen LogP contribution in [0.4, 0.5) is 5.69 Å². The van der Waals surface area contributed by atoms with Gasteiger partial charge in [-0.3, -0.25) is 9.69 Å². The summed E-state index contributed by atoms with van der Waals surface area (Å²) in [6.45, 7) is 7.58. The van der Waals surface area contributed by atoms with Crippen LogP contribution in [-0.2, 0) is 28.4 Å². The van der Waals surface area contributed by atoms with Crippen LogP contribution in [0, 0.1) is 19.8 Å². The van der Waals surface area contributed by atoms with Crippen molar-refractivity contribution in [1.82, 2.24) is 18.8 Å². The van der Waals surface area contributed by atoms with Gasteiger partial charge in [-0.25, -0.2) is 13.4 Å². The molecule has 1 aromatic carbocycles. The normalized spacial score (nSPS) is 19.0. The van der Waals surface area contributed by atoms with Gasteiger partial charge in [-0.15, -0.1) is 0 Å². The largest absolute Gasteiger partial charge is 0.337 e. The lowest BCUT2D eigenvalue weighted by Crippen LogP contribution is -2.41. The zero-order valence-electron chi connectivity index (χ0n) is 19.6. The van der Waals surface area contributed by atoms with E-state index in [4.69, 9.17) is 0 Å². The molecule has 2 saturated heterocycles. The first-order chi connectivity index (χ1) is 15.8. The van der Waals surface area contributed by atoms with E-state index in [1.165, 1.54) is 21.4 Å². The molecule has 1 amide bonds. The average molecular weight is 492 g/mol. The van der Waals surface area contributed by atoms with Crippen LogP contribution in [0.1, 0.15) is 29.8 Å². The molecule has 0 unspecified atom stereocenters. The summed E-state index contributed by atoms with van der Waals surface area (Å²) in [6.07, 6.45) is 2.55. The van der Waals surface area contributed by atoms with Gasteiger partial charge < -0.3 is 9.88 Å². The Hall–Kier alpha value is -1.88. The van der Waals surface area contributed by atoms with E-state index in [2.05, 4.69) is 28.2 Å². The summed E-state index contributed by atoms with van der Waals surface area (Å²) in [6, 6.07) is 6.09. The van der Waals surface area contributed by atoms with Gasteiger partial charge in [-0.05, 0) is 43.9 Å². The number of piperidine rings is 1. The number of rotatable bonds is 6.